The van der Waals surface area contributed by atoms with Crippen LogP contribution < -0.4 is 0 Å². The van der Waals surface area contributed by atoms with Crippen LogP contribution in [0.1, 0.15) is 12.0 Å². The second-order valence-electron chi connectivity index (χ2n) is 4.70. The Morgan fingerprint density at radius 2 is 2.11 bits per heavy atom. The monoisotopic (exact) mass is 303 g/mol. The number of aliphatic carboxylic acids is 1. The van der Waals surface area contributed by atoms with Crippen molar-refractivity contribution >= 4 is 27.6 Å². The molecule has 0 spiro atoms. The van der Waals surface area contributed by atoms with Gasteiger partial charge in [0, 0.05) is 18.1 Å². The highest BCUT2D eigenvalue weighted by Crippen LogP contribution is 2.29. The number of aryl methyl sites for hydroxylation is 1. The molecule has 2 rings (SSSR count). The third-order valence-electron chi connectivity index (χ3n) is 3.14. The molecule has 0 atom stereocenters. The maximum absolute atomic E-state index is 12.3. The summed E-state index contributed by atoms with van der Waals surface area (Å²) in [5.41, 5.74) is 0.592. The number of carbonyl (C=O) groups is 1. The highest BCUT2D eigenvalue weighted by molar-refractivity contribution is 7.89. The Bertz CT molecular complexity index is 608. The normalized spacial score (nSPS) is 17.2. The van der Waals surface area contributed by atoms with Crippen LogP contribution in [0.3, 0.4) is 0 Å². The lowest BCUT2D eigenvalue weighted by Crippen LogP contribution is -2.50. The number of halogens is 1. The molecule has 1 fully saturated rings. The minimum atomic E-state index is -3.54. The van der Waals surface area contributed by atoms with Gasteiger partial charge in [-0.05, 0) is 36.6 Å². The van der Waals surface area contributed by atoms with Crippen LogP contribution in [0.2, 0.25) is 5.02 Å². The molecule has 7 heteroatoms. The molecule has 1 N–H and O–H groups in total. The van der Waals surface area contributed by atoms with E-state index in [-0.39, 0.29) is 30.3 Å². The number of hydrogen-bond acceptors (Lipinski definition) is 3. The van der Waals surface area contributed by atoms with Gasteiger partial charge in [0.05, 0.1) is 11.3 Å². The Hall–Kier alpha value is -1.11. The average Bonchev–Trinajstić information content (AvgIpc) is 2.21. The predicted molar refractivity (Wildman–Crippen MR) is 70.7 cm³/mol. The first-order valence-corrected chi connectivity index (χ1v) is 7.60. The maximum Gasteiger partial charge on any atom is 0.303 e. The number of carboxylic acids is 1. The van der Waals surface area contributed by atoms with Crippen molar-refractivity contribution in [2.45, 2.75) is 18.2 Å². The quantitative estimate of drug-likeness (QED) is 0.919. The zero-order chi connectivity index (χ0) is 14.2. The summed E-state index contributed by atoms with van der Waals surface area (Å²) in [6.07, 6.45) is 0.00558. The van der Waals surface area contributed by atoms with Gasteiger partial charge in [-0.15, -0.1) is 0 Å². The van der Waals surface area contributed by atoms with Crippen molar-refractivity contribution < 1.29 is 18.3 Å². The van der Waals surface area contributed by atoms with E-state index in [0.29, 0.717) is 10.6 Å². The molecule has 1 aliphatic heterocycles. The fourth-order valence-electron chi connectivity index (χ4n) is 2.14. The van der Waals surface area contributed by atoms with Crippen LogP contribution in [0, 0.1) is 12.8 Å². The van der Waals surface area contributed by atoms with Crippen LogP contribution in [-0.2, 0) is 14.8 Å². The van der Waals surface area contributed by atoms with E-state index >= 15 is 0 Å². The van der Waals surface area contributed by atoms with Gasteiger partial charge in [-0.25, -0.2) is 8.42 Å². The van der Waals surface area contributed by atoms with Crippen molar-refractivity contribution in [3.8, 4) is 0 Å². The molecule has 104 valence electrons. The van der Waals surface area contributed by atoms with Gasteiger partial charge in [0.15, 0.2) is 0 Å². The molecule has 0 aromatic heterocycles. The van der Waals surface area contributed by atoms with Crippen molar-refractivity contribution in [3.05, 3.63) is 28.8 Å². The molecule has 1 heterocycles. The molecule has 0 aliphatic carbocycles. The predicted octanol–water partition coefficient (Wildman–Crippen LogP) is 1.74. The van der Waals surface area contributed by atoms with Crippen LogP contribution in [-0.4, -0.2) is 36.9 Å². The summed E-state index contributed by atoms with van der Waals surface area (Å²) in [6.45, 7) is 2.21. The summed E-state index contributed by atoms with van der Waals surface area (Å²) in [5.74, 6) is -0.996. The summed E-state index contributed by atoms with van der Waals surface area (Å²) < 4.78 is 25.9. The fraction of sp³-hybridized carbons (Fsp3) is 0.417. The van der Waals surface area contributed by atoms with Crippen LogP contribution in [0.25, 0.3) is 0 Å². The molecule has 0 radical (unpaired) electrons. The third-order valence-corrected chi connectivity index (χ3v) is 5.37. The molecule has 0 saturated carbocycles. The van der Waals surface area contributed by atoms with Crippen molar-refractivity contribution in [3.63, 3.8) is 0 Å². The molecule has 0 bridgehead atoms. The second-order valence-corrected chi connectivity index (χ2v) is 7.04. The number of sulfonamides is 1. The second kappa shape index (κ2) is 5.11. The Labute approximate surface area is 116 Å². The van der Waals surface area contributed by atoms with E-state index in [9.17, 15) is 13.2 Å². The largest absolute Gasteiger partial charge is 0.481 e. The summed E-state index contributed by atoms with van der Waals surface area (Å²) in [5, 5.41) is 9.14. The average molecular weight is 304 g/mol. The molecule has 1 aliphatic rings. The molecule has 1 saturated heterocycles. The van der Waals surface area contributed by atoms with Gasteiger partial charge in [0.2, 0.25) is 10.0 Å². The van der Waals surface area contributed by atoms with Crippen LogP contribution in [0.15, 0.2) is 23.1 Å². The van der Waals surface area contributed by atoms with Crippen molar-refractivity contribution in [2.24, 2.45) is 5.92 Å². The van der Waals surface area contributed by atoms with E-state index in [1.165, 1.54) is 16.4 Å². The summed E-state index contributed by atoms with van der Waals surface area (Å²) >= 11 is 5.80. The molecule has 1 aromatic rings. The van der Waals surface area contributed by atoms with E-state index in [1.807, 2.05) is 0 Å². The van der Waals surface area contributed by atoms with E-state index in [0.717, 1.165) is 0 Å². The highest BCUT2D eigenvalue weighted by atomic mass is 35.5. The number of benzene rings is 1. The minimum absolute atomic E-state index is 0.00558. The summed E-state index contributed by atoms with van der Waals surface area (Å²) in [4.78, 5) is 10.8. The molecule has 1 aromatic carbocycles. The summed E-state index contributed by atoms with van der Waals surface area (Å²) in [6, 6.07) is 4.62. The van der Waals surface area contributed by atoms with Crippen molar-refractivity contribution in [1.82, 2.24) is 4.31 Å². The zero-order valence-corrected chi connectivity index (χ0v) is 11.9. The van der Waals surface area contributed by atoms with Crippen LogP contribution in [0.5, 0.6) is 0 Å². The first-order chi connectivity index (χ1) is 8.80. The topological polar surface area (TPSA) is 74.7 Å². The number of hydrogen-bond donors (Lipinski definition) is 1. The number of carboxylic acid groups (broad SMARTS) is 1. The van der Waals surface area contributed by atoms with E-state index in [4.69, 9.17) is 16.7 Å². The van der Waals surface area contributed by atoms with Gasteiger partial charge in [0.1, 0.15) is 0 Å². The Morgan fingerprint density at radius 3 is 2.63 bits per heavy atom. The Morgan fingerprint density at radius 1 is 1.47 bits per heavy atom. The standard InChI is InChI=1S/C12H14ClNO4S/c1-8-4-10(13)2-3-11(8)19(17,18)14-6-9(7-14)5-12(15)16/h2-4,9H,5-7H2,1H3,(H,15,16). The lowest BCUT2D eigenvalue weighted by Gasteiger charge is -2.37. The smallest absolute Gasteiger partial charge is 0.303 e. The van der Waals surface area contributed by atoms with Crippen LogP contribution >= 0.6 is 11.6 Å². The Kier molecular flexibility index (Phi) is 3.85. The van der Waals surface area contributed by atoms with E-state index in [1.54, 1.807) is 13.0 Å². The van der Waals surface area contributed by atoms with E-state index in [2.05, 4.69) is 0 Å². The molecular formula is C12H14ClNO4S. The molecule has 0 amide bonds. The number of rotatable bonds is 4. The van der Waals surface area contributed by atoms with Gasteiger partial charge in [-0.1, -0.05) is 11.6 Å². The highest BCUT2D eigenvalue weighted by Gasteiger charge is 2.38. The molecule has 0 unspecified atom stereocenters. The number of nitrogens with zero attached hydrogens (tertiary/aromatic N) is 1. The van der Waals surface area contributed by atoms with Gasteiger partial charge in [-0.2, -0.15) is 4.31 Å². The summed E-state index contributed by atoms with van der Waals surface area (Å²) in [7, 11) is -3.54. The van der Waals surface area contributed by atoms with Gasteiger partial charge in [-0.3, -0.25) is 4.79 Å². The first-order valence-electron chi connectivity index (χ1n) is 5.79. The molecule has 5 nitrogen and oxygen atoms in total. The zero-order valence-electron chi connectivity index (χ0n) is 10.3. The fourth-order valence-corrected chi connectivity index (χ4v) is 4.16. The first kappa shape index (κ1) is 14.3. The minimum Gasteiger partial charge on any atom is -0.481 e. The van der Waals surface area contributed by atoms with E-state index < -0.39 is 16.0 Å². The lowest BCUT2D eigenvalue weighted by molar-refractivity contribution is -0.139. The van der Waals surface area contributed by atoms with Gasteiger partial charge < -0.3 is 5.11 Å². The van der Waals surface area contributed by atoms with Gasteiger partial charge in [0.25, 0.3) is 0 Å². The molecular weight excluding hydrogens is 290 g/mol. The van der Waals surface area contributed by atoms with Crippen molar-refractivity contribution in [1.29, 1.82) is 0 Å². The lowest BCUT2D eigenvalue weighted by atomic mass is 10.00. The molecule has 19 heavy (non-hydrogen) atoms. The van der Waals surface area contributed by atoms with Crippen molar-refractivity contribution in [2.75, 3.05) is 13.1 Å². The van der Waals surface area contributed by atoms with Crippen LogP contribution in [0.4, 0.5) is 0 Å². The van der Waals surface area contributed by atoms with Gasteiger partial charge >= 0.3 is 5.97 Å². The third kappa shape index (κ3) is 2.91. The maximum atomic E-state index is 12.3. The Balaban J connectivity index is 2.14. The SMILES string of the molecule is Cc1cc(Cl)ccc1S(=O)(=O)N1CC(CC(=O)O)C1.